The fourth-order valence-electron chi connectivity index (χ4n) is 2.01. The molecule has 5 heteroatoms. The van der Waals surface area contributed by atoms with E-state index in [2.05, 4.69) is 16.4 Å². The maximum Gasteiger partial charge on any atom is 0.149 e. The summed E-state index contributed by atoms with van der Waals surface area (Å²) in [5, 5.41) is 13.1. The van der Waals surface area contributed by atoms with Crippen LogP contribution in [0.15, 0.2) is 48.5 Å². The van der Waals surface area contributed by atoms with Gasteiger partial charge in [0, 0.05) is 11.1 Å². The smallest absolute Gasteiger partial charge is 0.149 e. The van der Waals surface area contributed by atoms with Gasteiger partial charge in [0.05, 0.1) is 16.1 Å². The average molecular weight is 298 g/mol. The van der Waals surface area contributed by atoms with E-state index in [9.17, 15) is 9.65 Å². The van der Waals surface area contributed by atoms with Crippen molar-refractivity contribution in [2.75, 3.05) is 5.32 Å². The number of anilines is 2. The van der Waals surface area contributed by atoms with E-state index in [0.717, 1.165) is 10.9 Å². The number of nitrogens with zero attached hydrogens (tertiary/aromatic N) is 2. The van der Waals surface area contributed by atoms with Crippen LogP contribution in [-0.4, -0.2) is 4.98 Å². The molecule has 1 heterocycles. The lowest BCUT2D eigenvalue weighted by molar-refractivity contribution is 0.629. The standard InChI is InChI=1S/C16H9ClFN3/c17-13-6-5-12(8-14(13)18)20-16-11(9-19)7-10-3-1-2-4-15(10)21-16/h1-8H,(H,20,21). The van der Waals surface area contributed by atoms with Gasteiger partial charge in [0.2, 0.25) is 0 Å². The second-order valence-electron chi connectivity index (χ2n) is 4.44. The first-order chi connectivity index (χ1) is 10.2. The van der Waals surface area contributed by atoms with Crippen LogP contribution in [0.4, 0.5) is 15.9 Å². The minimum atomic E-state index is -0.527. The van der Waals surface area contributed by atoms with Crippen LogP contribution in [0.5, 0.6) is 0 Å². The molecule has 3 rings (SSSR count). The molecule has 0 bridgehead atoms. The molecule has 1 aromatic heterocycles. The van der Waals surface area contributed by atoms with Gasteiger partial charge in [-0.25, -0.2) is 9.37 Å². The van der Waals surface area contributed by atoms with Gasteiger partial charge in [0.1, 0.15) is 17.7 Å². The zero-order valence-electron chi connectivity index (χ0n) is 10.8. The molecule has 0 atom stereocenters. The zero-order valence-corrected chi connectivity index (χ0v) is 11.5. The van der Waals surface area contributed by atoms with Crippen LogP contribution >= 0.6 is 11.6 Å². The Morgan fingerprint density at radius 2 is 1.95 bits per heavy atom. The van der Waals surface area contributed by atoms with Crippen LogP contribution in [0.2, 0.25) is 5.02 Å². The van der Waals surface area contributed by atoms with Crippen LogP contribution in [0, 0.1) is 17.1 Å². The van der Waals surface area contributed by atoms with Crippen LogP contribution in [0.1, 0.15) is 5.56 Å². The van der Waals surface area contributed by atoms with Crippen LogP contribution < -0.4 is 5.32 Å². The van der Waals surface area contributed by atoms with Crippen molar-refractivity contribution in [2.24, 2.45) is 0 Å². The number of nitriles is 1. The molecule has 0 amide bonds. The van der Waals surface area contributed by atoms with E-state index in [1.807, 2.05) is 24.3 Å². The van der Waals surface area contributed by atoms with E-state index in [1.165, 1.54) is 12.1 Å². The van der Waals surface area contributed by atoms with E-state index in [0.29, 0.717) is 17.1 Å². The Labute approximate surface area is 125 Å². The Bertz CT molecular complexity index is 871. The first kappa shape index (κ1) is 13.3. The SMILES string of the molecule is N#Cc1cc2ccccc2nc1Nc1ccc(Cl)c(F)c1. The summed E-state index contributed by atoms with van der Waals surface area (Å²) in [5.41, 5.74) is 1.63. The van der Waals surface area contributed by atoms with Gasteiger partial charge in [-0.2, -0.15) is 5.26 Å². The molecule has 3 aromatic rings. The summed E-state index contributed by atoms with van der Waals surface area (Å²) < 4.78 is 13.5. The molecular formula is C16H9ClFN3. The van der Waals surface area contributed by atoms with Gasteiger partial charge in [-0.15, -0.1) is 0 Å². The summed E-state index contributed by atoms with van der Waals surface area (Å²) in [6, 6.07) is 15.7. The molecule has 0 saturated carbocycles. The minimum absolute atomic E-state index is 0.0486. The summed E-state index contributed by atoms with van der Waals surface area (Å²) >= 11 is 5.65. The second kappa shape index (κ2) is 5.39. The van der Waals surface area contributed by atoms with Gasteiger partial charge in [-0.05, 0) is 30.3 Å². The van der Waals surface area contributed by atoms with Crippen molar-refractivity contribution >= 4 is 34.0 Å². The van der Waals surface area contributed by atoms with Gasteiger partial charge < -0.3 is 5.32 Å². The fraction of sp³-hybridized carbons (Fsp3) is 0. The van der Waals surface area contributed by atoms with E-state index < -0.39 is 5.82 Å². The molecule has 0 aliphatic carbocycles. The molecule has 0 aliphatic heterocycles. The summed E-state index contributed by atoms with van der Waals surface area (Å²) in [6.45, 7) is 0. The van der Waals surface area contributed by atoms with Gasteiger partial charge in [-0.1, -0.05) is 29.8 Å². The Morgan fingerprint density at radius 3 is 2.71 bits per heavy atom. The minimum Gasteiger partial charge on any atom is -0.339 e. The molecule has 0 aliphatic rings. The second-order valence-corrected chi connectivity index (χ2v) is 4.85. The molecule has 102 valence electrons. The largest absolute Gasteiger partial charge is 0.339 e. The Balaban J connectivity index is 2.06. The van der Waals surface area contributed by atoms with E-state index in [4.69, 9.17) is 11.6 Å². The summed E-state index contributed by atoms with van der Waals surface area (Å²) in [7, 11) is 0. The third-order valence-corrected chi connectivity index (χ3v) is 3.33. The normalized spacial score (nSPS) is 10.3. The van der Waals surface area contributed by atoms with Crippen molar-refractivity contribution in [3.05, 3.63) is 64.9 Å². The first-order valence-corrected chi connectivity index (χ1v) is 6.57. The van der Waals surface area contributed by atoms with E-state index in [-0.39, 0.29) is 5.02 Å². The molecule has 2 aromatic carbocycles. The van der Waals surface area contributed by atoms with Crippen molar-refractivity contribution in [1.29, 1.82) is 5.26 Å². The van der Waals surface area contributed by atoms with Crippen LogP contribution in [-0.2, 0) is 0 Å². The van der Waals surface area contributed by atoms with Gasteiger partial charge in [-0.3, -0.25) is 0 Å². The van der Waals surface area contributed by atoms with Crippen LogP contribution in [0.3, 0.4) is 0 Å². The lowest BCUT2D eigenvalue weighted by Crippen LogP contribution is -1.98. The topological polar surface area (TPSA) is 48.7 Å². The monoisotopic (exact) mass is 297 g/mol. The fourth-order valence-corrected chi connectivity index (χ4v) is 2.12. The number of benzene rings is 2. The summed E-state index contributed by atoms with van der Waals surface area (Å²) in [4.78, 5) is 4.40. The molecule has 0 spiro atoms. The number of pyridine rings is 1. The van der Waals surface area contributed by atoms with Crippen molar-refractivity contribution in [1.82, 2.24) is 4.98 Å². The highest BCUT2D eigenvalue weighted by Gasteiger charge is 2.08. The number of halogens is 2. The lowest BCUT2D eigenvalue weighted by atomic mass is 10.1. The number of hydrogen-bond acceptors (Lipinski definition) is 3. The van der Waals surface area contributed by atoms with E-state index in [1.54, 1.807) is 12.1 Å². The van der Waals surface area contributed by atoms with Crippen molar-refractivity contribution in [3.8, 4) is 6.07 Å². The van der Waals surface area contributed by atoms with Crippen LogP contribution in [0.25, 0.3) is 10.9 Å². The third kappa shape index (κ3) is 2.64. The molecule has 0 fully saturated rings. The number of aromatic nitrogens is 1. The zero-order chi connectivity index (χ0) is 14.8. The molecule has 0 saturated heterocycles. The Morgan fingerprint density at radius 1 is 1.14 bits per heavy atom. The van der Waals surface area contributed by atoms with Gasteiger partial charge >= 0.3 is 0 Å². The molecule has 0 radical (unpaired) electrons. The highest BCUT2D eigenvalue weighted by Crippen LogP contribution is 2.25. The number of fused-ring (bicyclic) bond motifs is 1. The maximum atomic E-state index is 13.5. The summed E-state index contributed by atoms with van der Waals surface area (Å²) in [5.74, 6) is -0.140. The van der Waals surface area contributed by atoms with Crippen molar-refractivity contribution < 1.29 is 4.39 Å². The highest BCUT2D eigenvalue weighted by molar-refractivity contribution is 6.30. The molecule has 0 unspecified atom stereocenters. The summed E-state index contributed by atoms with van der Waals surface area (Å²) in [6.07, 6.45) is 0. The van der Waals surface area contributed by atoms with Gasteiger partial charge in [0.15, 0.2) is 0 Å². The predicted molar refractivity (Wildman–Crippen MR) is 81.2 cm³/mol. The molecule has 1 N–H and O–H groups in total. The quantitative estimate of drug-likeness (QED) is 0.749. The van der Waals surface area contributed by atoms with E-state index >= 15 is 0 Å². The van der Waals surface area contributed by atoms with Crippen molar-refractivity contribution in [3.63, 3.8) is 0 Å². The maximum absolute atomic E-state index is 13.5. The number of nitrogens with one attached hydrogen (secondary N) is 1. The van der Waals surface area contributed by atoms with Crippen molar-refractivity contribution in [2.45, 2.75) is 0 Å². The van der Waals surface area contributed by atoms with Gasteiger partial charge in [0.25, 0.3) is 0 Å². The Hall–Kier alpha value is -2.64. The predicted octanol–water partition coefficient (Wildman–Crippen LogP) is 4.64. The first-order valence-electron chi connectivity index (χ1n) is 6.19. The molecule has 21 heavy (non-hydrogen) atoms. The average Bonchev–Trinajstić information content (AvgIpc) is 2.50. The molecule has 3 nitrogen and oxygen atoms in total. The number of para-hydroxylation sites is 1. The number of rotatable bonds is 2. The number of hydrogen-bond donors (Lipinski definition) is 1. The highest BCUT2D eigenvalue weighted by atomic mass is 35.5. The lowest BCUT2D eigenvalue weighted by Gasteiger charge is -2.09. The third-order valence-electron chi connectivity index (χ3n) is 3.03. The molecular weight excluding hydrogens is 289 g/mol. The Kier molecular flexibility index (Phi) is 3.43.